The molecule has 0 bridgehead atoms. The lowest BCUT2D eigenvalue weighted by Gasteiger charge is -2.02. The minimum absolute atomic E-state index is 0.0942. The third-order valence-corrected chi connectivity index (χ3v) is 3.50. The average Bonchev–Trinajstić information content (AvgIpc) is 2.59. The molecule has 1 aromatic rings. The number of benzene rings is 1. The second-order valence-corrected chi connectivity index (χ2v) is 4.57. The number of Topliss-reactive ketones (excluding diaryl/α,β-unsaturated/α-hetero) is 1. The molecule has 4 heteroatoms. The normalized spacial score (nSPS) is 18.9. The average molecular weight is 209 g/mol. The Morgan fingerprint density at radius 3 is 3.14 bits per heavy atom. The zero-order chi connectivity index (χ0) is 10.1. The van der Waals surface area contributed by atoms with Crippen LogP contribution in [0, 0.1) is 0 Å². The van der Waals surface area contributed by atoms with Crippen LogP contribution in [0.25, 0.3) is 0 Å². The van der Waals surface area contributed by atoms with Crippen molar-refractivity contribution < 1.29 is 9.35 Å². The van der Waals surface area contributed by atoms with Gasteiger partial charge in [0, 0.05) is 29.2 Å². The van der Waals surface area contributed by atoms with E-state index < -0.39 is 11.2 Å². The molecule has 74 valence electrons. The molecule has 1 aromatic carbocycles. The predicted molar refractivity (Wildman–Crippen MR) is 56.0 cm³/mol. The lowest BCUT2D eigenvalue weighted by atomic mass is 10.1. The van der Waals surface area contributed by atoms with E-state index in [9.17, 15) is 9.35 Å². The summed E-state index contributed by atoms with van der Waals surface area (Å²) >= 11 is -0.990. The van der Waals surface area contributed by atoms with E-state index in [-0.39, 0.29) is 5.78 Å². The topological polar surface area (TPSA) is 52.2 Å². The van der Waals surface area contributed by atoms with Gasteiger partial charge in [-0.3, -0.25) is 4.79 Å². The summed E-state index contributed by atoms with van der Waals surface area (Å²) in [5, 5.41) is 3.02. The van der Waals surface area contributed by atoms with Gasteiger partial charge in [-0.15, -0.1) is 0 Å². The van der Waals surface area contributed by atoms with Crippen LogP contribution in [-0.2, 0) is 11.2 Å². The third kappa shape index (κ3) is 1.51. The van der Waals surface area contributed by atoms with Gasteiger partial charge in [-0.2, -0.15) is 0 Å². The lowest BCUT2D eigenvalue weighted by molar-refractivity contribution is 0.0988. The Hall–Kier alpha value is -1.00. The summed E-state index contributed by atoms with van der Waals surface area (Å²) in [6.07, 6.45) is 0.485. The number of rotatable bonds is 2. The van der Waals surface area contributed by atoms with Crippen molar-refractivity contribution in [3.8, 4) is 0 Å². The Bertz CT molecular complexity index is 378. The highest BCUT2D eigenvalue weighted by molar-refractivity contribution is 7.92. The summed E-state index contributed by atoms with van der Waals surface area (Å²) in [6, 6.07) is 5.33. The molecule has 1 aliphatic heterocycles. The van der Waals surface area contributed by atoms with E-state index >= 15 is 0 Å². The molecule has 0 spiro atoms. The van der Waals surface area contributed by atoms with Gasteiger partial charge < -0.3 is 9.87 Å². The molecule has 0 saturated carbocycles. The van der Waals surface area contributed by atoms with Crippen molar-refractivity contribution in [2.24, 2.45) is 0 Å². The molecule has 0 radical (unpaired) electrons. The SMILES string of the molecule is CCC(=O)c1ccc2c(c1)[S+]([O-])CN2. The fraction of sp³-hybridized carbons (Fsp3) is 0.300. The van der Waals surface area contributed by atoms with Crippen molar-refractivity contribution in [2.75, 3.05) is 11.2 Å². The summed E-state index contributed by atoms with van der Waals surface area (Å²) in [5.41, 5.74) is 1.54. The minimum Gasteiger partial charge on any atom is -0.610 e. The number of carbonyl (C=O) groups excluding carboxylic acids is 1. The van der Waals surface area contributed by atoms with E-state index in [0.717, 1.165) is 10.6 Å². The Morgan fingerprint density at radius 1 is 1.64 bits per heavy atom. The molecule has 1 heterocycles. The van der Waals surface area contributed by atoms with Gasteiger partial charge in [0.1, 0.15) is 0 Å². The Balaban J connectivity index is 2.39. The van der Waals surface area contributed by atoms with Gasteiger partial charge in [0.2, 0.25) is 0 Å². The fourth-order valence-corrected chi connectivity index (χ4v) is 2.54. The van der Waals surface area contributed by atoms with Crippen LogP contribution >= 0.6 is 0 Å². The monoisotopic (exact) mass is 209 g/mol. The van der Waals surface area contributed by atoms with Crippen LogP contribution in [0.2, 0.25) is 0 Å². The summed E-state index contributed by atoms with van der Waals surface area (Å²) in [4.78, 5) is 12.2. The second-order valence-electron chi connectivity index (χ2n) is 3.15. The smallest absolute Gasteiger partial charge is 0.181 e. The van der Waals surface area contributed by atoms with Crippen molar-refractivity contribution in [1.29, 1.82) is 0 Å². The van der Waals surface area contributed by atoms with Gasteiger partial charge in [0.05, 0.1) is 5.69 Å². The maximum Gasteiger partial charge on any atom is 0.181 e. The number of hydrogen-bond donors (Lipinski definition) is 1. The van der Waals surface area contributed by atoms with Gasteiger partial charge >= 0.3 is 0 Å². The number of anilines is 1. The van der Waals surface area contributed by atoms with Gasteiger partial charge in [-0.1, -0.05) is 6.92 Å². The molecule has 0 amide bonds. The van der Waals surface area contributed by atoms with Crippen molar-refractivity contribution >= 4 is 22.6 Å². The van der Waals surface area contributed by atoms with Crippen LogP contribution in [0.1, 0.15) is 23.7 Å². The number of hydrogen-bond acceptors (Lipinski definition) is 3. The van der Waals surface area contributed by atoms with Crippen LogP contribution in [0.3, 0.4) is 0 Å². The quantitative estimate of drug-likeness (QED) is 0.596. The molecule has 14 heavy (non-hydrogen) atoms. The molecule has 0 aromatic heterocycles. The molecule has 1 N–H and O–H groups in total. The Labute approximate surface area is 85.7 Å². The van der Waals surface area contributed by atoms with E-state index in [1.165, 1.54) is 0 Å². The highest BCUT2D eigenvalue weighted by Crippen LogP contribution is 2.29. The second kappa shape index (κ2) is 3.63. The van der Waals surface area contributed by atoms with Gasteiger partial charge in [0.25, 0.3) is 0 Å². The van der Waals surface area contributed by atoms with Crippen LogP contribution in [0.5, 0.6) is 0 Å². The van der Waals surface area contributed by atoms with E-state index in [1.807, 2.05) is 13.0 Å². The molecule has 0 aliphatic carbocycles. The molecule has 0 saturated heterocycles. The highest BCUT2D eigenvalue weighted by atomic mass is 32.2. The molecular formula is C10H11NO2S. The van der Waals surface area contributed by atoms with Crippen molar-refractivity contribution in [2.45, 2.75) is 18.2 Å². The van der Waals surface area contributed by atoms with Gasteiger partial charge in [-0.25, -0.2) is 0 Å². The van der Waals surface area contributed by atoms with Crippen molar-refractivity contribution in [1.82, 2.24) is 0 Å². The third-order valence-electron chi connectivity index (χ3n) is 2.26. The Kier molecular flexibility index (Phi) is 2.48. The molecule has 0 fully saturated rings. The minimum atomic E-state index is -0.990. The number of fused-ring (bicyclic) bond motifs is 1. The van der Waals surface area contributed by atoms with Crippen molar-refractivity contribution in [3.63, 3.8) is 0 Å². The standard InChI is InChI=1S/C10H11NO2S/c1-2-9(12)7-3-4-8-10(5-7)14(13)6-11-8/h3-5,11H,2,6H2,1H3. The van der Waals surface area contributed by atoms with Crippen LogP contribution in [0.15, 0.2) is 23.1 Å². The lowest BCUT2D eigenvalue weighted by Crippen LogP contribution is -2.03. The molecule has 1 aliphatic rings. The fourth-order valence-electron chi connectivity index (χ4n) is 1.46. The zero-order valence-corrected chi connectivity index (χ0v) is 8.69. The van der Waals surface area contributed by atoms with Crippen molar-refractivity contribution in [3.05, 3.63) is 23.8 Å². The van der Waals surface area contributed by atoms with E-state index in [2.05, 4.69) is 5.32 Å². The van der Waals surface area contributed by atoms with Gasteiger partial charge in [0.15, 0.2) is 16.6 Å². The number of carbonyl (C=O) groups is 1. The number of ketones is 1. The first-order valence-electron chi connectivity index (χ1n) is 4.52. The maximum atomic E-state index is 11.5. The van der Waals surface area contributed by atoms with Crippen LogP contribution < -0.4 is 5.32 Å². The van der Waals surface area contributed by atoms with E-state index in [0.29, 0.717) is 17.9 Å². The summed E-state index contributed by atoms with van der Waals surface area (Å²) in [7, 11) is 0. The molecule has 3 nitrogen and oxygen atoms in total. The number of nitrogens with one attached hydrogen (secondary N) is 1. The summed E-state index contributed by atoms with van der Waals surface area (Å²) in [6.45, 7) is 1.82. The summed E-state index contributed by atoms with van der Waals surface area (Å²) in [5.74, 6) is 0.552. The summed E-state index contributed by atoms with van der Waals surface area (Å²) < 4.78 is 11.5. The van der Waals surface area contributed by atoms with Crippen LogP contribution in [0.4, 0.5) is 5.69 Å². The first-order chi connectivity index (χ1) is 6.72. The maximum absolute atomic E-state index is 11.5. The molecule has 2 rings (SSSR count). The van der Waals surface area contributed by atoms with E-state index in [1.54, 1.807) is 12.1 Å². The zero-order valence-electron chi connectivity index (χ0n) is 7.87. The Morgan fingerprint density at radius 2 is 2.43 bits per heavy atom. The first-order valence-corrected chi connectivity index (χ1v) is 5.83. The molecule has 1 atom stereocenters. The predicted octanol–water partition coefficient (Wildman–Crippen LogP) is 1.77. The van der Waals surface area contributed by atoms with E-state index in [4.69, 9.17) is 0 Å². The first kappa shape index (κ1) is 9.55. The highest BCUT2D eigenvalue weighted by Gasteiger charge is 2.24. The molecule has 1 unspecified atom stereocenters. The van der Waals surface area contributed by atoms with Gasteiger partial charge in [-0.05, 0) is 12.1 Å². The molecular weight excluding hydrogens is 198 g/mol. The largest absolute Gasteiger partial charge is 0.610 e. The van der Waals surface area contributed by atoms with Crippen LogP contribution in [-0.4, -0.2) is 16.2 Å².